The highest BCUT2D eigenvalue weighted by Crippen LogP contribution is 2.10. The minimum absolute atomic E-state index is 0.191. The van der Waals surface area contributed by atoms with E-state index >= 15 is 0 Å². The van der Waals surface area contributed by atoms with Crippen LogP contribution < -0.4 is 10.2 Å². The lowest BCUT2D eigenvalue weighted by atomic mass is 10.2. The van der Waals surface area contributed by atoms with E-state index in [1.165, 1.54) is 30.5 Å². The molecule has 21 heavy (non-hydrogen) atoms. The fourth-order valence-corrected chi connectivity index (χ4v) is 1.70. The number of amides is 1. The maximum atomic E-state index is 12.7. The summed E-state index contributed by atoms with van der Waals surface area (Å²) in [6.45, 7) is -0.191. The average Bonchev–Trinajstić information content (AvgIpc) is 2.49. The molecule has 0 saturated carbocycles. The minimum Gasteiger partial charge on any atom is -0.484 e. The predicted octanol–water partition coefficient (Wildman–Crippen LogP) is 3.12. The lowest BCUT2D eigenvalue weighted by Gasteiger charge is -2.04. The Balaban J connectivity index is 1.77. The molecule has 0 aliphatic rings. The molecule has 1 amide bonds. The van der Waals surface area contributed by atoms with Crippen LogP contribution in [-0.2, 0) is 4.79 Å². The average molecular weight is 351 g/mol. The number of halogens is 2. The lowest BCUT2D eigenvalue weighted by Crippen LogP contribution is -2.24. The van der Waals surface area contributed by atoms with Gasteiger partial charge in [0.15, 0.2) is 6.61 Å². The van der Waals surface area contributed by atoms with Crippen molar-refractivity contribution in [1.82, 2.24) is 5.43 Å². The summed E-state index contributed by atoms with van der Waals surface area (Å²) in [5.74, 6) is -0.331. The van der Waals surface area contributed by atoms with Gasteiger partial charge in [-0.1, -0.05) is 28.1 Å². The van der Waals surface area contributed by atoms with Crippen molar-refractivity contribution < 1.29 is 13.9 Å². The highest BCUT2D eigenvalue weighted by atomic mass is 79.9. The molecule has 0 bridgehead atoms. The van der Waals surface area contributed by atoms with Crippen LogP contribution in [0.4, 0.5) is 4.39 Å². The fraction of sp³-hybridized carbons (Fsp3) is 0.0667. The van der Waals surface area contributed by atoms with E-state index in [2.05, 4.69) is 26.5 Å². The number of hydrogen-bond acceptors (Lipinski definition) is 3. The van der Waals surface area contributed by atoms with Gasteiger partial charge in [-0.15, -0.1) is 0 Å². The smallest absolute Gasteiger partial charge is 0.277 e. The molecule has 2 aromatic carbocycles. The number of ether oxygens (including phenoxy) is 1. The van der Waals surface area contributed by atoms with E-state index in [1.54, 1.807) is 0 Å². The molecule has 0 fully saturated rings. The van der Waals surface area contributed by atoms with Crippen LogP contribution in [0.15, 0.2) is 58.1 Å². The molecule has 0 heterocycles. The van der Waals surface area contributed by atoms with Crippen LogP contribution in [0, 0.1) is 5.82 Å². The Bertz CT molecular complexity index is 627. The lowest BCUT2D eigenvalue weighted by molar-refractivity contribution is -0.123. The molecule has 0 aliphatic heterocycles. The van der Waals surface area contributed by atoms with Gasteiger partial charge in [-0.05, 0) is 42.0 Å². The Morgan fingerprint density at radius 3 is 2.52 bits per heavy atom. The summed E-state index contributed by atoms with van der Waals surface area (Å²) in [5.41, 5.74) is 3.21. The van der Waals surface area contributed by atoms with Crippen LogP contribution >= 0.6 is 15.9 Å². The van der Waals surface area contributed by atoms with Crippen LogP contribution in [0.2, 0.25) is 0 Å². The number of benzene rings is 2. The number of hydrogen-bond donors (Lipinski definition) is 1. The Morgan fingerprint density at radius 2 is 1.86 bits per heavy atom. The van der Waals surface area contributed by atoms with Gasteiger partial charge in [0, 0.05) is 4.47 Å². The summed E-state index contributed by atoms with van der Waals surface area (Å²) in [4.78, 5) is 11.5. The SMILES string of the molecule is O=C(COc1ccc(F)cc1)N/N=C/c1ccc(Br)cc1. The normalized spacial score (nSPS) is 10.6. The van der Waals surface area contributed by atoms with Crippen molar-refractivity contribution in [2.75, 3.05) is 6.61 Å². The van der Waals surface area contributed by atoms with Gasteiger partial charge in [-0.3, -0.25) is 4.79 Å². The van der Waals surface area contributed by atoms with E-state index in [9.17, 15) is 9.18 Å². The van der Waals surface area contributed by atoms with Crippen LogP contribution in [0.25, 0.3) is 0 Å². The second-order valence-corrected chi connectivity index (χ2v) is 5.00. The van der Waals surface area contributed by atoms with Gasteiger partial charge in [0.05, 0.1) is 6.21 Å². The van der Waals surface area contributed by atoms with Gasteiger partial charge >= 0.3 is 0 Å². The van der Waals surface area contributed by atoms with Crippen LogP contribution in [0.1, 0.15) is 5.56 Å². The molecule has 6 heteroatoms. The van der Waals surface area contributed by atoms with Crippen molar-refractivity contribution in [1.29, 1.82) is 0 Å². The van der Waals surface area contributed by atoms with Gasteiger partial charge in [0.2, 0.25) is 0 Å². The number of carbonyl (C=O) groups excluding carboxylic acids is 1. The third-order valence-electron chi connectivity index (χ3n) is 2.46. The highest BCUT2D eigenvalue weighted by Gasteiger charge is 2.01. The first kappa shape index (κ1) is 15.2. The van der Waals surface area contributed by atoms with Gasteiger partial charge in [-0.2, -0.15) is 5.10 Å². The zero-order valence-electron chi connectivity index (χ0n) is 10.9. The second kappa shape index (κ2) is 7.54. The Hall–Kier alpha value is -2.21. The molecule has 0 saturated heterocycles. The van der Waals surface area contributed by atoms with E-state index in [-0.39, 0.29) is 12.4 Å². The number of hydrazone groups is 1. The molecule has 0 spiro atoms. The predicted molar refractivity (Wildman–Crippen MR) is 81.8 cm³/mol. The topological polar surface area (TPSA) is 50.7 Å². The maximum absolute atomic E-state index is 12.7. The highest BCUT2D eigenvalue weighted by molar-refractivity contribution is 9.10. The van der Waals surface area contributed by atoms with Crippen molar-refractivity contribution in [3.05, 3.63) is 64.4 Å². The quantitative estimate of drug-likeness (QED) is 0.665. The van der Waals surface area contributed by atoms with Crippen LogP contribution in [0.5, 0.6) is 5.75 Å². The number of rotatable bonds is 5. The molecular formula is C15H12BrFN2O2. The van der Waals surface area contributed by atoms with Gasteiger partial charge < -0.3 is 4.74 Å². The summed E-state index contributed by atoms with van der Waals surface area (Å²) in [6, 6.07) is 12.9. The van der Waals surface area contributed by atoms with Crippen LogP contribution in [0.3, 0.4) is 0 Å². The molecule has 1 N–H and O–H groups in total. The first-order chi connectivity index (χ1) is 10.1. The monoisotopic (exact) mass is 350 g/mol. The summed E-state index contributed by atoms with van der Waals surface area (Å²) in [7, 11) is 0. The minimum atomic E-state index is -0.396. The molecular weight excluding hydrogens is 339 g/mol. The van der Waals surface area contributed by atoms with Crippen molar-refractivity contribution in [3.63, 3.8) is 0 Å². The zero-order chi connectivity index (χ0) is 15.1. The standard InChI is InChI=1S/C15H12BrFN2O2/c16-12-3-1-11(2-4-12)9-18-19-15(20)10-21-14-7-5-13(17)6-8-14/h1-9H,10H2,(H,19,20)/b18-9+. The van der Waals surface area contributed by atoms with E-state index in [4.69, 9.17) is 4.74 Å². The largest absolute Gasteiger partial charge is 0.484 e. The third-order valence-corrected chi connectivity index (χ3v) is 2.99. The van der Waals surface area contributed by atoms with E-state index in [0.29, 0.717) is 5.75 Å². The molecule has 0 unspecified atom stereocenters. The van der Waals surface area contributed by atoms with E-state index < -0.39 is 5.91 Å². The van der Waals surface area contributed by atoms with Crippen molar-refractivity contribution >= 4 is 28.1 Å². The summed E-state index contributed by atoms with van der Waals surface area (Å²) in [5, 5.41) is 3.82. The van der Waals surface area contributed by atoms with Crippen molar-refractivity contribution in [3.8, 4) is 5.75 Å². The molecule has 2 aromatic rings. The van der Waals surface area contributed by atoms with E-state index in [0.717, 1.165) is 10.0 Å². The first-order valence-corrected chi connectivity index (χ1v) is 6.88. The van der Waals surface area contributed by atoms with Crippen molar-refractivity contribution in [2.24, 2.45) is 5.10 Å². The molecule has 0 aliphatic carbocycles. The van der Waals surface area contributed by atoms with Crippen LogP contribution in [-0.4, -0.2) is 18.7 Å². The van der Waals surface area contributed by atoms with E-state index in [1.807, 2.05) is 24.3 Å². The number of nitrogens with one attached hydrogen (secondary N) is 1. The third kappa shape index (κ3) is 5.35. The fourth-order valence-electron chi connectivity index (χ4n) is 1.44. The Labute approximate surface area is 129 Å². The zero-order valence-corrected chi connectivity index (χ0v) is 12.5. The van der Waals surface area contributed by atoms with Gasteiger partial charge in [0.1, 0.15) is 11.6 Å². The number of nitrogens with zero attached hydrogens (tertiary/aromatic N) is 1. The summed E-state index contributed by atoms with van der Waals surface area (Å²) >= 11 is 3.33. The molecule has 4 nitrogen and oxygen atoms in total. The maximum Gasteiger partial charge on any atom is 0.277 e. The summed E-state index contributed by atoms with van der Waals surface area (Å²) < 4.78 is 18.8. The van der Waals surface area contributed by atoms with Gasteiger partial charge in [0.25, 0.3) is 5.91 Å². The first-order valence-electron chi connectivity index (χ1n) is 6.09. The number of carbonyl (C=O) groups is 1. The van der Waals surface area contributed by atoms with Crippen molar-refractivity contribution in [2.45, 2.75) is 0 Å². The Morgan fingerprint density at radius 1 is 1.19 bits per heavy atom. The molecule has 2 rings (SSSR count). The molecule has 0 radical (unpaired) electrons. The summed E-state index contributed by atoms with van der Waals surface area (Å²) in [6.07, 6.45) is 1.53. The van der Waals surface area contributed by atoms with Gasteiger partial charge in [-0.25, -0.2) is 9.82 Å². The Kier molecular flexibility index (Phi) is 5.45. The molecule has 108 valence electrons. The second-order valence-electron chi connectivity index (χ2n) is 4.09. The molecule has 0 aromatic heterocycles. The molecule has 0 atom stereocenters.